The molecule has 0 rings (SSSR count). The van der Waals surface area contributed by atoms with E-state index in [2.05, 4.69) is 38.0 Å². The summed E-state index contributed by atoms with van der Waals surface area (Å²) in [6.07, 6.45) is 2.29. The Hall–Kier alpha value is -0.870. The topological polar surface area (TPSA) is 61.4 Å². The summed E-state index contributed by atoms with van der Waals surface area (Å²) in [6, 6.07) is -0.164. The molecule has 100 valence electrons. The van der Waals surface area contributed by atoms with Crippen LogP contribution in [0.3, 0.4) is 0 Å². The van der Waals surface area contributed by atoms with E-state index >= 15 is 0 Å². The lowest BCUT2D eigenvalue weighted by Gasteiger charge is -2.33. The Morgan fingerprint density at radius 1 is 1.47 bits per heavy atom. The molecular formula is C13H26N2O2. The summed E-state index contributed by atoms with van der Waals surface area (Å²) in [4.78, 5) is 11.7. The second-order valence-electron chi connectivity index (χ2n) is 5.35. The Balaban J connectivity index is 4.34. The van der Waals surface area contributed by atoms with Crippen molar-refractivity contribution in [3.63, 3.8) is 0 Å². The average Bonchev–Trinajstić information content (AvgIpc) is 2.23. The summed E-state index contributed by atoms with van der Waals surface area (Å²) < 4.78 is 0. The number of hydrogen-bond donors (Lipinski definition) is 3. The van der Waals surface area contributed by atoms with Crippen LogP contribution in [0.2, 0.25) is 0 Å². The largest absolute Gasteiger partial charge is 0.396 e. The number of carbonyl (C=O) groups is 1. The lowest BCUT2D eigenvalue weighted by Crippen LogP contribution is -2.51. The summed E-state index contributed by atoms with van der Waals surface area (Å²) in [7, 11) is 0. The van der Waals surface area contributed by atoms with E-state index in [1.165, 1.54) is 0 Å². The Kier molecular flexibility index (Phi) is 7.07. The van der Waals surface area contributed by atoms with Gasteiger partial charge in [0, 0.05) is 19.2 Å². The van der Waals surface area contributed by atoms with Gasteiger partial charge >= 0.3 is 0 Å². The van der Waals surface area contributed by atoms with Crippen molar-refractivity contribution in [3.05, 3.63) is 12.7 Å². The summed E-state index contributed by atoms with van der Waals surface area (Å²) in [5, 5.41) is 15.0. The molecule has 1 amide bonds. The van der Waals surface area contributed by atoms with Gasteiger partial charge in [-0.05, 0) is 18.8 Å². The summed E-state index contributed by atoms with van der Waals surface area (Å²) in [5.74, 6) is -0.0444. The highest BCUT2D eigenvalue weighted by atomic mass is 16.3. The van der Waals surface area contributed by atoms with E-state index in [4.69, 9.17) is 5.11 Å². The fourth-order valence-corrected chi connectivity index (χ4v) is 1.60. The average molecular weight is 242 g/mol. The van der Waals surface area contributed by atoms with Crippen molar-refractivity contribution in [1.29, 1.82) is 0 Å². The Morgan fingerprint density at radius 2 is 2.06 bits per heavy atom. The predicted molar refractivity (Wildman–Crippen MR) is 70.8 cm³/mol. The van der Waals surface area contributed by atoms with Gasteiger partial charge in [0.15, 0.2) is 0 Å². The van der Waals surface area contributed by atoms with Crippen molar-refractivity contribution < 1.29 is 9.90 Å². The van der Waals surface area contributed by atoms with E-state index in [0.29, 0.717) is 13.0 Å². The van der Waals surface area contributed by atoms with Crippen molar-refractivity contribution in [2.75, 3.05) is 13.2 Å². The highest BCUT2D eigenvalue weighted by molar-refractivity contribution is 5.81. The van der Waals surface area contributed by atoms with Gasteiger partial charge < -0.3 is 15.7 Å². The molecule has 0 aliphatic rings. The minimum atomic E-state index is -0.272. The van der Waals surface area contributed by atoms with E-state index in [1.807, 2.05) is 6.92 Å². The first-order valence-corrected chi connectivity index (χ1v) is 6.08. The van der Waals surface area contributed by atoms with E-state index < -0.39 is 0 Å². The van der Waals surface area contributed by atoms with Gasteiger partial charge in [0.05, 0.1) is 6.04 Å². The molecule has 4 nitrogen and oxygen atoms in total. The number of rotatable bonds is 7. The van der Waals surface area contributed by atoms with Crippen LogP contribution in [0.4, 0.5) is 0 Å². The molecule has 0 heterocycles. The molecule has 2 atom stereocenters. The van der Waals surface area contributed by atoms with Gasteiger partial charge in [-0.3, -0.25) is 4.79 Å². The smallest absolute Gasteiger partial charge is 0.237 e. The fourth-order valence-electron chi connectivity index (χ4n) is 1.60. The SMILES string of the molecule is C=CCNC(=O)C(C)NC(CCO)C(C)(C)C. The number of carbonyl (C=O) groups excluding carboxylic acids is 1. The molecule has 0 bridgehead atoms. The summed E-state index contributed by atoms with van der Waals surface area (Å²) in [6.45, 7) is 12.3. The standard InChI is InChI=1S/C13H26N2O2/c1-6-8-14-12(17)10(2)15-11(7-9-16)13(3,4)5/h6,10-11,15-16H,1,7-9H2,2-5H3,(H,14,17). The molecule has 0 saturated heterocycles. The molecule has 0 aliphatic heterocycles. The second-order valence-corrected chi connectivity index (χ2v) is 5.35. The molecule has 0 aromatic carbocycles. The van der Waals surface area contributed by atoms with Crippen LogP contribution in [0.15, 0.2) is 12.7 Å². The number of nitrogens with one attached hydrogen (secondary N) is 2. The van der Waals surface area contributed by atoms with Gasteiger partial charge in [-0.1, -0.05) is 26.8 Å². The number of aliphatic hydroxyl groups excluding tert-OH is 1. The molecule has 3 N–H and O–H groups in total. The van der Waals surface area contributed by atoms with Gasteiger partial charge in [0.25, 0.3) is 0 Å². The highest BCUT2D eigenvalue weighted by Gasteiger charge is 2.27. The maximum atomic E-state index is 11.7. The van der Waals surface area contributed by atoms with Gasteiger partial charge in [-0.25, -0.2) is 0 Å². The van der Waals surface area contributed by atoms with Crippen molar-refractivity contribution in [2.24, 2.45) is 5.41 Å². The quantitative estimate of drug-likeness (QED) is 0.585. The van der Waals surface area contributed by atoms with Crippen molar-refractivity contribution >= 4 is 5.91 Å². The van der Waals surface area contributed by atoms with E-state index in [1.54, 1.807) is 6.08 Å². The molecule has 0 saturated carbocycles. The van der Waals surface area contributed by atoms with Crippen LogP contribution in [-0.4, -0.2) is 36.2 Å². The van der Waals surface area contributed by atoms with Crippen LogP contribution in [0.5, 0.6) is 0 Å². The van der Waals surface area contributed by atoms with Crippen LogP contribution in [0, 0.1) is 5.41 Å². The third kappa shape index (κ3) is 6.44. The predicted octanol–water partition coefficient (Wildman–Crippen LogP) is 1.06. The molecule has 0 aliphatic carbocycles. The zero-order chi connectivity index (χ0) is 13.5. The molecular weight excluding hydrogens is 216 g/mol. The Bertz CT molecular complexity index is 246. The Labute approximate surface area is 104 Å². The lowest BCUT2D eigenvalue weighted by molar-refractivity contribution is -0.122. The summed E-state index contributed by atoms with van der Waals surface area (Å²) in [5.41, 5.74) is 0.00963. The molecule has 2 unspecified atom stereocenters. The monoisotopic (exact) mass is 242 g/mol. The van der Waals surface area contributed by atoms with Gasteiger partial charge in [0.2, 0.25) is 5.91 Å². The van der Waals surface area contributed by atoms with Crippen LogP contribution in [0.25, 0.3) is 0 Å². The first-order valence-electron chi connectivity index (χ1n) is 6.08. The van der Waals surface area contributed by atoms with Crippen LogP contribution >= 0.6 is 0 Å². The molecule has 4 heteroatoms. The van der Waals surface area contributed by atoms with E-state index in [9.17, 15) is 4.79 Å². The number of amides is 1. The van der Waals surface area contributed by atoms with Crippen LogP contribution < -0.4 is 10.6 Å². The number of hydrogen-bond acceptors (Lipinski definition) is 3. The maximum Gasteiger partial charge on any atom is 0.237 e. The zero-order valence-corrected chi connectivity index (χ0v) is 11.4. The molecule has 0 spiro atoms. The zero-order valence-electron chi connectivity index (χ0n) is 11.4. The molecule has 0 aromatic heterocycles. The minimum Gasteiger partial charge on any atom is -0.396 e. The fraction of sp³-hybridized carbons (Fsp3) is 0.769. The van der Waals surface area contributed by atoms with E-state index in [-0.39, 0.29) is 30.0 Å². The van der Waals surface area contributed by atoms with Crippen LogP contribution in [0.1, 0.15) is 34.1 Å². The first kappa shape index (κ1) is 16.1. The first-order chi connectivity index (χ1) is 7.82. The van der Waals surface area contributed by atoms with Gasteiger partial charge in [-0.15, -0.1) is 6.58 Å². The van der Waals surface area contributed by atoms with Crippen LogP contribution in [-0.2, 0) is 4.79 Å². The lowest BCUT2D eigenvalue weighted by atomic mass is 9.84. The third-order valence-electron chi connectivity index (χ3n) is 2.73. The minimum absolute atomic E-state index is 0.00963. The van der Waals surface area contributed by atoms with E-state index in [0.717, 1.165) is 0 Å². The van der Waals surface area contributed by atoms with Crippen molar-refractivity contribution in [3.8, 4) is 0 Å². The maximum absolute atomic E-state index is 11.7. The van der Waals surface area contributed by atoms with Gasteiger partial charge in [-0.2, -0.15) is 0 Å². The molecule has 17 heavy (non-hydrogen) atoms. The molecule has 0 radical (unpaired) electrons. The molecule has 0 fully saturated rings. The second kappa shape index (κ2) is 7.45. The van der Waals surface area contributed by atoms with Gasteiger partial charge in [0.1, 0.15) is 0 Å². The highest BCUT2D eigenvalue weighted by Crippen LogP contribution is 2.22. The third-order valence-corrected chi connectivity index (χ3v) is 2.73. The summed E-state index contributed by atoms with van der Waals surface area (Å²) >= 11 is 0. The number of aliphatic hydroxyl groups is 1. The Morgan fingerprint density at radius 3 is 2.47 bits per heavy atom. The normalized spacial score (nSPS) is 15.1. The van der Waals surface area contributed by atoms with Crippen molar-refractivity contribution in [2.45, 2.75) is 46.2 Å². The molecule has 0 aromatic rings. The van der Waals surface area contributed by atoms with Crippen molar-refractivity contribution in [1.82, 2.24) is 10.6 Å².